The molecule has 4 rings (SSSR count). The van der Waals surface area contributed by atoms with Crippen molar-refractivity contribution in [3.63, 3.8) is 0 Å². The first kappa shape index (κ1) is 15.7. The molecule has 128 valence electrons. The first-order valence-corrected chi connectivity index (χ1v) is 8.26. The van der Waals surface area contributed by atoms with Gasteiger partial charge in [-0.3, -0.25) is 4.79 Å². The molecule has 3 aromatic rings. The molecule has 0 aliphatic carbocycles. The zero-order valence-electron chi connectivity index (χ0n) is 13.9. The van der Waals surface area contributed by atoms with Gasteiger partial charge in [0.25, 0.3) is 0 Å². The van der Waals surface area contributed by atoms with Crippen LogP contribution in [0.5, 0.6) is 5.75 Å². The number of rotatable bonds is 4. The molecule has 1 aliphatic rings. The number of fused-ring (bicyclic) bond motifs is 1. The number of hydrogen-bond donors (Lipinski definition) is 4. The summed E-state index contributed by atoms with van der Waals surface area (Å²) in [7, 11) is 1.65. The number of ether oxygens (including phenoxy) is 1. The monoisotopic (exact) mass is 336 g/mol. The SMILES string of the molecule is COc1ccccc1C1CC(C(=O)Nc2ccc3cc[nH]c3c2)NN1. The van der Waals surface area contributed by atoms with Crippen LogP contribution in [0.3, 0.4) is 0 Å². The van der Waals surface area contributed by atoms with Gasteiger partial charge >= 0.3 is 0 Å². The highest BCUT2D eigenvalue weighted by atomic mass is 16.5. The summed E-state index contributed by atoms with van der Waals surface area (Å²) in [6.45, 7) is 0. The third-order valence-electron chi connectivity index (χ3n) is 4.56. The van der Waals surface area contributed by atoms with E-state index in [-0.39, 0.29) is 18.0 Å². The number of carbonyl (C=O) groups is 1. The minimum Gasteiger partial charge on any atom is -0.496 e. The van der Waals surface area contributed by atoms with Crippen molar-refractivity contribution >= 4 is 22.5 Å². The average Bonchev–Trinajstić information content (AvgIpc) is 3.30. The molecule has 2 atom stereocenters. The first-order chi connectivity index (χ1) is 12.2. The summed E-state index contributed by atoms with van der Waals surface area (Å²) in [5.74, 6) is 0.760. The van der Waals surface area contributed by atoms with E-state index in [9.17, 15) is 4.79 Å². The average molecular weight is 336 g/mol. The van der Waals surface area contributed by atoms with Gasteiger partial charge in [0.05, 0.1) is 13.2 Å². The molecular weight excluding hydrogens is 316 g/mol. The summed E-state index contributed by atoms with van der Waals surface area (Å²) in [6.07, 6.45) is 2.54. The van der Waals surface area contributed by atoms with Crippen LogP contribution < -0.4 is 20.9 Å². The molecule has 0 saturated carbocycles. The van der Waals surface area contributed by atoms with Crippen LogP contribution in [0.15, 0.2) is 54.7 Å². The van der Waals surface area contributed by atoms with E-state index in [0.29, 0.717) is 6.42 Å². The zero-order valence-corrected chi connectivity index (χ0v) is 13.9. The van der Waals surface area contributed by atoms with Gasteiger partial charge in [-0.25, -0.2) is 10.9 Å². The van der Waals surface area contributed by atoms with Crippen molar-refractivity contribution in [2.45, 2.75) is 18.5 Å². The minimum absolute atomic E-state index is 0.0257. The summed E-state index contributed by atoms with van der Waals surface area (Å²) >= 11 is 0. The lowest BCUT2D eigenvalue weighted by Gasteiger charge is -2.14. The lowest BCUT2D eigenvalue weighted by Crippen LogP contribution is -2.39. The van der Waals surface area contributed by atoms with Crippen LogP contribution in [0.25, 0.3) is 10.9 Å². The van der Waals surface area contributed by atoms with Gasteiger partial charge in [-0.1, -0.05) is 24.3 Å². The molecule has 6 heteroatoms. The number of amides is 1. The second-order valence-corrected chi connectivity index (χ2v) is 6.14. The molecule has 0 spiro atoms. The van der Waals surface area contributed by atoms with Crippen molar-refractivity contribution < 1.29 is 9.53 Å². The van der Waals surface area contributed by atoms with Crippen LogP contribution in [-0.2, 0) is 4.79 Å². The smallest absolute Gasteiger partial charge is 0.242 e. The van der Waals surface area contributed by atoms with E-state index < -0.39 is 0 Å². The van der Waals surface area contributed by atoms with Crippen molar-refractivity contribution in [3.05, 3.63) is 60.3 Å². The van der Waals surface area contributed by atoms with Gasteiger partial charge in [-0.05, 0) is 36.1 Å². The van der Waals surface area contributed by atoms with Crippen molar-refractivity contribution in [1.82, 2.24) is 15.8 Å². The predicted molar refractivity (Wildman–Crippen MR) is 97.3 cm³/mol. The molecule has 1 aliphatic heterocycles. The molecule has 1 amide bonds. The molecular formula is C19H20N4O2. The van der Waals surface area contributed by atoms with E-state index in [4.69, 9.17) is 4.74 Å². The second-order valence-electron chi connectivity index (χ2n) is 6.14. The Hall–Kier alpha value is -2.83. The molecule has 25 heavy (non-hydrogen) atoms. The fourth-order valence-electron chi connectivity index (χ4n) is 3.24. The van der Waals surface area contributed by atoms with E-state index in [1.165, 1.54) is 0 Å². The van der Waals surface area contributed by atoms with Crippen molar-refractivity contribution in [3.8, 4) is 5.75 Å². The third kappa shape index (κ3) is 3.09. The Kier molecular flexibility index (Phi) is 4.13. The molecule has 6 nitrogen and oxygen atoms in total. The highest BCUT2D eigenvalue weighted by molar-refractivity contribution is 5.97. The molecule has 1 fully saturated rings. The highest BCUT2D eigenvalue weighted by Crippen LogP contribution is 2.30. The molecule has 2 heterocycles. The number of aromatic amines is 1. The van der Waals surface area contributed by atoms with Crippen LogP contribution >= 0.6 is 0 Å². The fourth-order valence-corrected chi connectivity index (χ4v) is 3.24. The van der Waals surface area contributed by atoms with Crippen molar-refractivity contribution in [2.24, 2.45) is 0 Å². The van der Waals surface area contributed by atoms with Gasteiger partial charge < -0.3 is 15.0 Å². The number of H-pyrrole nitrogens is 1. The van der Waals surface area contributed by atoms with Gasteiger partial charge in [0.1, 0.15) is 11.8 Å². The number of carbonyl (C=O) groups excluding carboxylic acids is 1. The van der Waals surface area contributed by atoms with Crippen molar-refractivity contribution in [2.75, 3.05) is 12.4 Å². The van der Waals surface area contributed by atoms with Gasteiger partial charge in [0.15, 0.2) is 0 Å². The molecule has 1 aromatic heterocycles. The van der Waals surface area contributed by atoms with Crippen LogP contribution in [0.2, 0.25) is 0 Å². The van der Waals surface area contributed by atoms with E-state index in [1.54, 1.807) is 7.11 Å². The number of hydrogen-bond acceptors (Lipinski definition) is 4. The van der Waals surface area contributed by atoms with Gasteiger partial charge in [0.2, 0.25) is 5.91 Å². The molecule has 0 radical (unpaired) electrons. The standard InChI is InChI=1S/C19H20N4O2/c1-25-18-5-3-2-4-14(18)16-11-17(23-22-16)19(24)21-13-7-6-12-8-9-20-15(12)10-13/h2-10,16-17,20,22-23H,11H2,1H3,(H,21,24). The lowest BCUT2D eigenvalue weighted by atomic mass is 10.0. The lowest BCUT2D eigenvalue weighted by molar-refractivity contribution is -0.117. The third-order valence-corrected chi connectivity index (χ3v) is 4.56. The van der Waals surface area contributed by atoms with Gasteiger partial charge in [-0.2, -0.15) is 0 Å². The van der Waals surface area contributed by atoms with E-state index in [2.05, 4.69) is 21.2 Å². The predicted octanol–water partition coefficient (Wildman–Crippen LogP) is 2.72. The number of methoxy groups -OCH3 is 1. The maximum absolute atomic E-state index is 12.6. The van der Waals surface area contributed by atoms with Crippen LogP contribution in [0, 0.1) is 0 Å². The highest BCUT2D eigenvalue weighted by Gasteiger charge is 2.31. The molecule has 2 unspecified atom stereocenters. The van der Waals surface area contributed by atoms with Crippen LogP contribution in [-0.4, -0.2) is 24.0 Å². The summed E-state index contributed by atoms with van der Waals surface area (Å²) in [5.41, 5.74) is 9.10. The topological polar surface area (TPSA) is 78.2 Å². The molecule has 0 bridgehead atoms. The number of para-hydroxylation sites is 1. The summed E-state index contributed by atoms with van der Waals surface area (Å²) < 4.78 is 5.41. The Morgan fingerprint density at radius 3 is 2.92 bits per heavy atom. The molecule has 1 saturated heterocycles. The molecule has 4 N–H and O–H groups in total. The summed E-state index contributed by atoms with van der Waals surface area (Å²) in [6, 6.07) is 15.4. The number of benzene rings is 2. The normalized spacial score (nSPS) is 19.9. The van der Waals surface area contributed by atoms with E-state index in [0.717, 1.165) is 27.9 Å². The van der Waals surface area contributed by atoms with Crippen LogP contribution in [0.4, 0.5) is 5.69 Å². The van der Waals surface area contributed by atoms with Crippen molar-refractivity contribution in [1.29, 1.82) is 0 Å². The Bertz CT molecular complexity index is 905. The largest absolute Gasteiger partial charge is 0.496 e. The maximum atomic E-state index is 12.6. The van der Waals surface area contributed by atoms with Crippen LogP contribution in [0.1, 0.15) is 18.0 Å². The Morgan fingerprint density at radius 1 is 1.16 bits per heavy atom. The maximum Gasteiger partial charge on any atom is 0.242 e. The Labute approximate surface area is 145 Å². The first-order valence-electron chi connectivity index (χ1n) is 8.26. The number of nitrogens with one attached hydrogen (secondary N) is 4. The Morgan fingerprint density at radius 2 is 2.04 bits per heavy atom. The molecule has 2 aromatic carbocycles. The summed E-state index contributed by atoms with van der Waals surface area (Å²) in [5, 5.41) is 4.09. The fraction of sp³-hybridized carbons (Fsp3) is 0.211. The van der Waals surface area contributed by atoms with Gasteiger partial charge in [-0.15, -0.1) is 0 Å². The minimum atomic E-state index is -0.311. The summed E-state index contributed by atoms with van der Waals surface area (Å²) in [4.78, 5) is 15.7. The number of hydrazine groups is 1. The van der Waals surface area contributed by atoms with Gasteiger partial charge in [0, 0.05) is 23.0 Å². The van der Waals surface area contributed by atoms with E-state index in [1.807, 2.05) is 54.7 Å². The Balaban J connectivity index is 1.45. The quantitative estimate of drug-likeness (QED) is 0.591. The number of aromatic nitrogens is 1. The number of anilines is 1. The van der Waals surface area contributed by atoms with E-state index >= 15 is 0 Å². The second kappa shape index (κ2) is 6.58. The zero-order chi connectivity index (χ0) is 17.2.